The smallest absolute Gasteiger partial charge is 0.253 e. The molecule has 1 aromatic heterocycles. The lowest BCUT2D eigenvalue weighted by Gasteiger charge is -2.35. The van der Waals surface area contributed by atoms with Crippen molar-refractivity contribution in [2.45, 2.75) is 70.6 Å². The Bertz CT molecular complexity index is 1010. The number of likely N-dealkylation sites (N-methyl/N-ethyl adjacent to an activating group) is 1. The molecule has 7 heteroatoms. The minimum Gasteiger partial charge on any atom is -0.388 e. The molecule has 2 aliphatic rings. The fraction of sp³-hybridized carbons (Fsp3) is 0.615. The van der Waals surface area contributed by atoms with E-state index in [1.165, 1.54) is 0 Å². The van der Waals surface area contributed by atoms with E-state index in [9.17, 15) is 9.90 Å². The second kappa shape index (κ2) is 9.77. The summed E-state index contributed by atoms with van der Waals surface area (Å²) < 4.78 is 0. The standard InChI is InChI=1S/C26H37ClN4O2/c1-17(2)30(4)19-11-13-31(15-19)23-10-7-20-22(29-23)9-8-21(27)24(20)25(32)28-16-26(33)12-5-6-18(3)14-26/h7-10,17-19,33H,5-6,11-16H2,1-4H3,(H,28,32)/t18?,19?,26-/m0/s1. The van der Waals surface area contributed by atoms with Crippen LogP contribution in [0.3, 0.4) is 0 Å². The number of aromatic nitrogens is 1. The second-order valence-corrected chi connectivity index (χ2v) is 10.8. The van der Waals surface area contributed by atoms with Gasteiger partial charge in [0, 0.05) is 37.1 Å². The Morgan fingerprint density at radius 1 is 1.33 bits per heavy atom. The molecule has 1 saturated heterocycles. The van der Waals surface area contributed by atoms with E-state index in [0.29, 0.717) is 41.4 Å². The fourth-order valence-corrected chi connectivity index (χ4v) is 5.65. The highest BCUT2D eigenvalue weighted by Gasteiger charge is 2.33. The number of fused-ring (bicyclic) bond motifs is 1. The van der Waals surface area contributed by atoms with E-state index < -0.39 is 5.60 Å². The normalized spacial score (nSPS) is 25.9. The van der Waals surface area contributed by atoms with Crippen molar-refractivity contribution < 1.29 is 9.90 Å². The van der Waals surface area contributed by atoms with Crippen LogP contribution in [0.15, 0.2) is 24.3 Å². The molecule has 0 radical (unpaired) electrons. The van der Waals surface area contributed by atoms with E-state index in [1.54, 1.807) is 6.07 Å². The zero-order valence-corrected chi connectivity index (χ0v) is 21.0. The van der Waals surface area contributed by atoms with E-state index >= 15 is 0 Å². The van der Waals surface area contributed by atoms with Gasteiger partial charge < -0.3 is 15.3 Å². The van der Waals surface area contributed by atoms with E-state index in [2.05, 4.69) is 42.9 Å². The van der Waals surface area contributed by atoms with Crippen LogP contribution in [0.25, 0.3) is 10.9 Å². The maximum Gasteiger partial charge on any atom is 0.253 e. The van der Waals surface area contributed by atoms with Crippen molar-refractivity contribution in [3.8, 4) is 0 Å². The van der Waals surface area contributed by atoms with Crippen molar-refractivity contribution >= 4 is 34.2 Å². The summed E-state index contributed by atoms with van der Waals surface area (Å²) in [6, 6.07) is 8.59. The molecular formula is C26H37ClN4O2. The second-order valence-electron chi connectivity index (χ2n) is 10.4. The molecule has 4 rings (SSSR count). The molecular weight excluding hydrogens is 436 g/mol. The van der Waals surface area contributed by atoms with Crippen molar-refractivity contribution in [3.63, 3.8) is 0 Å². The number of carbonyl (C=O) groups is 1. The molecule has 2 fully saturated rings. The number of pyridine rings is 1. The van der Waals surface area contributed by atoms with Gasteiger partial charge in [0.2, 0.25) is 0 Å². The van der Waals surface area contributed by atoms with Crippen LogP contribution in [0.1, 0.15) is 63.2 Å². The Kier molecular flexibility index (Phi) is 7.18. The third-order valence-corrected chi connectivity index (χ3v) is 7.87. The van der Waals surface area contributed by atoms with Crippen LogP contribution < -0.4 is 10.2 Å². The summed E-state index contributed by atoms with van der Waals surface area (Å²) in [5.41, 5.74) is 0.345. The summed E-state index contributed by atoms with van der Waals surface area (Å²) in [6.07, 6.45) is 4.66. The van der Waals surface area contributed by atoms with E-state index in [4.69, 9.17) is 16.6 Å². The third kappa shape index (κ3) is 5.28. The Hall–Kier alpha value is -1.89. The van der Waals surface area contributed by atoms with Gasteiger partial charge in [-0.05, 0) is 70.3 Å². The Labute approximate surface area is 202 Å². The highest BCUT2D eigenvalue weighted by atomic mass is 35.5. The zero-order chi connectivity index (χ0) is 23.8. The van der Waals surface area contributed by atoms with Gasteiger partial charge in [0.25, 0.3) is 5.91 Å². The highest BCUT2D eigenvalue weighted by Crippen LogP contribution is 2.33. The first-order valence-electron chi connectivity index (χ1n) is 12.2. The average molecular weight is 473 g/mol. The molecule has 2 aromatic rings. The van der Waals surface area contributed by atoms with Crippen LogP contribution in [0.4, 0.5) is 5.82 Å². The van der Waals surface area contributed by atoms with Gasteiger partial charge in [-0.3, -0.25) is 9.69 Å². The van der Waals surface area contributed by atoms with Crippen LogP contribution in [0, 0.1) is 5.92 Å². The van der Waals surface area contributed by atoms with Gasteiger partial charge in [0.1, 0.15) is 5.82 Å². The minimum absolute atomic E-state index is 0.243. The molecule has 180 valence electrons. The van der Waals surface area contributed by atoms with Gasteiger partial charge in [-0.25, -0.2) is 4.98 Å². The van der Waals surface area contributed by atoms with Crippen molar-refractivity contribution in [2.24, 2.45) is 5.92 Å². The summed E-state index contributed by atoms with van der Waals surface area (Å²) >= 11 is 6.46. The van der Waals surface area contributed by atoms with Gasteiger partial charge in [0.15, 0.2) is 0 Å². The Morgan fingerprint density at radius 3 is 2.85 bits per heavy atom. The first-order valence-corrected chi connectivity index (χ1v) is 12.6. The quantitative estimate of drug-likeness (QED) is 0.648. The lowest BCUT2D eigenvalue weighted by atomic mass is 9.79. The van der Waals surface area contributed by atoms with Gasteiger partial charge in [-0.15, -0.1) is 0 Å². The molecule has 0 bridgehead atoms. The molecule has 0 spiro atoms. The number of carbonyl (C=O) groups excluding carboxylic acids is 1. The summed E-state index contributed by atoms with van der Waals surface area (Å²) in [5.74, 6) is 1.14. The Morgan fingerprint density at radius 2 is 2.12 bits per heavy atom. The van der Waals surface area contributed by atoms with Gasteiger partial charge in [0.05, 0.1) is 21.7 Å². The number of nitrogens with one attached hydrogen (secondary N) is 1. The van der Waals surface area contributed by atoms with Gasteiger partial charge >= 0.3 is 0 Å². The number of aliphatic hydroxyl groups is 1. The number of halogens is 1. The first kappa shape index (κ1) is 24.2. The maximum absolute atomic E-state index is 13.1. The SMILES string of the molecule is CC1CCC[C@@](O)(CNC(=O)c2c(Cl)ccc3nc(N4CCC(N(C)C(C)C)C4)ccc23)C1. The van der Waals surface area contributed by atoms with Crippen molar-refractivity contribution in [1.29, 1.82) is 0 Å². The van der Waals surface area contributed by atoms with Crippen LogP contribution in [0.5, 0.6) is 0 Å². The predicted octanol–water partition coefficient (Wildman–Crippen LogP) is 4.48. The van der Waals surface area contributed by atoms with E-state index in [0.717, 1.165) is 49.1 Å². The molecule has 3 atom stereocenters. The zero-order valence-electron chi connectivity index (χ0n) is 20.3. The molecule has 2 heterocycles. The molecule has 2 N–H and O–H groups in total. The first-order chi connectivity index (χ1) is 15.7. The molecule has 1 saturated carbocycles. The third-order valence-electron chi connectivity index (χ3n) is 7.56. The summed E-state index contributed by atoms with van der Waals surface area (Å²) in [5, 5.41) is 15.0. The summed E-state index contributed by atoms with van der Waals surface area (Å²) in [4.78, 5) is 22.7. The van der Waals surface area contributed by atoms with Crippen LogP contribution >= 0.6 is 11.6 Å². The highest BCUT2D eigenvalue weighted by molar-refractivity contribution is 6.35. The molecule has 1 aromatic carbocycles. The van der Waals surface area contributed by atoms with Crippen molar-refractivity contribution in [1.82, 2.24) is 15.2 Å². The summed E-state index contributed by atoms with van der Waals surface area (Å²) in [7, 11) is 2.18. The number of anilines is 1. The topological polar surface area (TPSA) is 68.7 Å². The van der Waals surface area contributed by atoms with Gasteiger partial charge in [-0.2, -0.15) is 0 Å². The Balaban J connectivity index is 1.51. The molecule has 2 unspecified atom stereocenters. The molecule has 1 aliphatic carbocycles. The molecule has 33 heavy (non-hydrogen) atoms. The van der Waals surface area contributed by atoms with Crippen molar-refractivity contribution in [3.05, 3.63) is 34.9 Å². The lowest BCUT2D eigenvalue weighted by molar-refractivity contribution is -0.0109. The summed E-state index contributed by atoms with van der Waals surface area (Å²) in [6.45, 7) is 8.76. The predicted molar refractivity (Wildman–Crippen MR) is 135 cm³/mol. The molecule has 1 amide bonds. The number of rotatable bonds is 6. The van der Waals surface area contributed by atoms with Crippen molar-refractivity contribution in [2.75, 3.05) is 31.6 Å². The largest absolute Gasteiger partial charge is 0.388 e. The number of hydrogen-bond donors (Lipinski definition) is 2. The lowest BCUT2D eigenvalue weighted by Crippen LogP contribution is -2.45. The van der Waals surface area contributed by atoms with E-state index in [1.807, 2.05) is 18.2 Å². The number of hydrogen-bond acceptors (Lipinski definition) is 5. The maximum atomic E-state index is 13.1. The average Bonchev–Trinajstić information content (AvgIpc) is 3.26. The fourth-order valence-electron chi connectivity index (χ4n) is 5.40. The number of amides is 1. The minimum atomic E-state index is -0.842. The van der Waals surface area contributed by atoms with Crippen LogP contribution in [0.2, 0.25) is 5.02 Å². The van der Waals surface area contributed by atoms with Crippen LogP contribution in [-0.4, -0.2) is 65.3 Å². The van der Waals surface area contributed by atoms with Gasteiger partial charge in [-0.1, -0.05) is 31.4 Å². The molecule has 6 nitrogen and oxygen atoms in total. The number of benzene rings is 1. The monoisotopic (exact) mass is 472 g/mol. The van der Waals surface area contributed by atoms with E-state index in [-0.39, 0.29) is 12.5 Å². The molecule has 1 aliphatic heterocycles. The number of nitrogens with zero attached hydrogens (tertiary/aromatic N) is 3. The van der Waals surface area contributed by atoms with Crippen LogP contribution in [-0.2, 0) is 0 Å².